The maximum Gasteiger partial charge on any atom is 0.267 e. The molecular formula is C20H24N6O3S. The van der Waals surface area contributed by atoms with Crippen LogP contribution in [0.1, 0.15) is 30.1 Å². The van der Waals surface area contributed by atoms with Gasteiger partial charge < -0.3 is 14.7 Å². The molecule has 1 aromatic carbocycles. The molecule has 0 saturated carbocycles. The molecule has 3 heterocycles. The van der Waals surface area contributed by atoms with Crippen LogP contribution in [-0.2, 0) is 10.0 Å². The van der Waals surface area contributed by atoms with Gasteiger partial charge in [-0.15, -0.1) is 0 Å². The normalized spacial score (nSPS) is 14.2. The summed E-state index contributed by atoms with van der Waals surface area (Å²) in [5.74, 6) is 2.58. The molecule has 0 spiro atoms. The Balaban J connectivity index is 1.49. The zero-order chi connectivity index (χ0) is 21.3. The summed E-state index contributed by atoms with van der Waals surface area (Å²) in [5.41, 5.74) is 1.56. The van der Waals surface area contributed by atoms with Gasteiger partial charge in [0.2, 0.25) is 0 Å². The highest BCUT2D eigenvalue weighted by molar-refractivity contribution is 7.92. The van der Waals surface area contributed by atoms with E-state index in [2.05, 4.69) is 30.1 Å². The van der Waals surface area contributed by atoms with Gasteiger partial charge in [0.25, 0.3) is 10.0 Å². The Morgan fingerprint density at radius 3 is 2.30 bits per heavy atom. The Morgan fingerprint density at radius 1 is 1.00 bits per heavy atom. The Hall–Kier alpha value is -3.14. The van der Waals surface area contributed by atoms with Crippen LogP contribution in [0.4, 0.5) is 23.0 Å². The summed E-state index contributed by atoms with van der Waals surface area (Å²) in [6, 6.07) is 8.89. The summed E-state index contributed by atoms with van der Waals surface area (Å²) < 4.78 is 32.8. The van der Waals surface area contributed by atoms with Crippen molar-refractivity contribution in [3.63, 3.8) is 0 Å². The van der Waals surface area contributed by atoms with Crippen LogP contribution in [0.3, 0.4) is 0 Å². The lowest BCUT2D eigenvalue weighted by atomic mass is 10.3. The van der Waals surface area contributed by atoms with Gasteiger partial charge in [0.05, 0.1) is 0 Å². The minimum absolute atomic E-state index is 0.0654. The van der Waals surface area contributed by atoms with Crippen LogP contribution >= 0.6 is 0 Å². The maximum absolute atomic E-state index is 12.6. The van der Waals surface area contributed by atoms with E-state index in [1.165, 1.54) is 12.8 Å². The fraction of sp³-hybridized carbons (Fsp3) is 0.350. The number of aromatic nitrogens is 3. The molecule has 2 aromatic heterocycles. The van der Waals surface area contributed by atoms with Crippen molar-refractivity contribution in [3.05, 3.63) is 47.6 Å². The molecule has 30 heavy (non-hydrogen) atoms. The van der Waals surface area contributed by atoms with Gasteiger partial charge in [0.15, 0.2) is 10.7 Å². The molecule has 158 valence electrons. The number of benzene rings is 1. The van der Waals surface area contributed by atoms with Gasteiger partial charge in [0, 0.05) is 30.5 Å². The molecule has 9 nitrogen and oxygen atoms in total. The highest BCUT2D eigenvalue weighted by Gasteiger charge is 2.24. The summed E-state index contributed by atoms with van der Waals surface area (Å²) in [4.78, 5) is 11.3. The first kappa shape index (κ1) is 20.1. The third kappa shape index (κ3) is 4.23. The average Bonchev–Trinajstić information content (AvgIpc) is 3.33. The van der Waals surface area contributed by atoms with Crippen LogP contribution < -0.4 is 14.9 Å². The molecule has 3 aromatic rings. The van der Waals surface area contributed by atoms with E-state index in [-0.39, 0.29) is 10.7 Å². The molecule has 0 bridgehead atoms. The summed E-state index contributed by atoms with van der Waals surface area (Å²) in [6.45, 7) is 7.06. The number of nitrogens with one attached hydrogen (secondary N) is 2. The number of rotatable bonds is 6. The van der Waals surface area contributed by atoms with Gasteiger partial charge in [-0.3, -0.25) is 4.72 Å². The summed E-state index contributed by atoms with van der Waals surface area (Å²) in [5, 5.41) is 6.97. The van der Waals surface area contributed by atoms with Gasteiger partial charge in [-0.05, 0) is 57.9 Å². The first-order valence-electron chi connectivity index (χ1n) is 9.75. The van der Waals surface area contributed by atoms with Gasteiger partial charge in [-0.2, -0.15) is 0 Å². The molecule has 1 fully saturated rings. The molecular weight excluding hydrogens is 404 g/mol. The van der Waals surface area contributed by atoms with Crippen molar-refractivity contribution in [2.24, 2.45) is 0 Å². The molecule has 0 radical (unpaired) electrons. The van der Waals surface area contributed by atoms with Gasteiger partial charge in [-0.1, -0.05) is 5.16 Å². The largest absolute Gasteiger partial charge is 0.360 e. The molecule has 1 aliphatic rings. The third-order valence-corrected chi connectivity index (χ3v) is 6.53. The minimum atomic E-state index is -3.78. The van der Waals surface area contributed by atoms with Crippen LogP contribution in [-0.4, -0.2) is 36.6 Å². The summed E-state index contributed by atoms with van der Waals surface area (Å²) in [6.07, 6.45) is 2.36. The Morgan fingerprint density at radius 2 is 1.67 bits per heavy atom. The second-order valence-corrected chi connectivity index (χ2v) is 8.93. The monoisotopic (exact) mass is 428 g/mol. The molecule has 1 saturated heterocycles. The second-order valence-electron chi connectivity index (χ2n) is 7.31. The first-order chi connectivity index (χ1) is 14.3. The van der Waals surface area contributed by atoms with Crippen LogP contribution in [0.5, 0.6) is 0 Å². The van der Waals surface area contributed by atoms with Crippen LogP contribution in [0.25, 0.3) is 0 Å². The SMILES string of the molecule is Cc1nc(Nc2ccc(NS(=O)(=O)c3c(C)noc3C)cc2)cc(N2CCCC2)n1. The van der Waals surface area contributed by atoms with Crippen molar-refractivity contribution < 1.29 is 12.9 Å². The molecule has 2 N–H and O–H groups in total. The Kier molecular flexibility index (Phi) is 5.33. The summed E-state index contributed by atoms with van der Waals surface area (Å²) >= 11 is 0. The second kappa shape index (κ2) is 7.94. The molecule has 0 amide bonds. The smallest absolute Gasteiger partial charge is 0.267 e. The van der Waals surface area contributed by atoms with Crippen molar-refractivity contribution in [2.45, 2.75) is 38.5 Å². The van der Waals surface area contributed by atoms with E-state index in [0.717, 1.165) is 24.6 Å². The van der Waals surface area contributed by atoms with Gasteiger partial charge in [-0.25, -0.2) is 18.4 Å². The van der Waals surface area contributed by atoms with E-state index in [1.807, 2.05) is 13.0 Å². The molecule has 0 atom stereocenters. The first-order valence-corrected chi connectivity index (χ1v) is 11.2. The molecule has 10 heteroatoms. The van der Waals surface area contributed by atoms with E-state index in [4.69, 9.17) is 4.52 Å². The minimum Gasteiger partial charge on any atom is -0.360 e. The van der Waals surface area contributed by atoms with Crippen molar-refractivity contribution in [1.82, 2.24) is 15.1 Å². The predicted octanol–water partition coefficient (Wildman–Crippen LogP) is 3.53. The highest BCUT2D eigenvalue weighted by Crippen LogP contribution is 2.25. The fourth-order valence-corrected chi connectivity index (χ4v) is 4.95. The van der Waals surface area contributed by atoms with E-state index in [9.17, 15) is 8.42 Å². The molecule has 0 unspecified atom stereocenters. The third-order valence-electron chi connectivity index (χ3n) is 4.90. The zero-order valence-electron chi connectivity index (χ0n) is 17.1. The average molecular weight is 429 g/mol. The quantitative estimate of drug-likeness (QED) is 0.613. The van der Waals surface area contributed by atoms with E-state index < -0.39 is 10.0 Å². The Bertz CT molecular complexity index is 1130. The topological polar surface area (TPSA) is 113 Å². The standard InChI is InChI=1S/C20H24N6O3S/c1-13-20(14(2)29-24-13)30(27,28)25-17-8-6-16(7-9-17)23-18-12-19(22-15(3)21-18)26-10-4-5-11-26/h6-9,12,25H,4-5,10-11H2,1-3H3,(H,21,22,23). The van der Waals surface area contributed by atoms with E-state index in [1.54, 1.807) is 38.1 Å². The van der Waals surface area contributed by atoms with Crippen LogP contribution in [0.2, 0.25) is 0 Å². The fourth-order valence-electron chi connectivity index (χ4n) is 3.56. The number of hydrogen-bond donors (Lipinski definition) is 2. The van der Waals surface area contributed by atoms with Crippen LogP contribution in [0, 0.1) is 20.8 Å². The van der Waals surface area contributed by atoms with Crippen molar-refractivity contribution in [1.29, 1.82) is 0 Å². The Labute approximate surface area is 175 Å². The molecule has 1 aliphatic heterocycles. The van der Waals surface area contributed by atoms with Gasteiger partial charge in [0.1, 0.15) is 23.2 Å². The van der Waals surface area contributed by atoms with Crippen LogP contribution in [0.15, 0.2) is 39.8 Å². The summed E-state index contributed by atoms with van der Waals surface area (Å²) in [7, 11) is -3.78. The highest BCUT2D eigenvalue weighted by atomic mass is 32.2. The molecule has 0 aliphatic carbocycles. The lowest BCUT2D eigenvalue weighted by Gasteiger charge is -2.18. The number of anilines is 4. The number of sulfonamides is 1. The number of hydrogen-bond acceptors (Lipinski definition) is 8. The van der Waals surface area contributed by atoms with E-state index >= 15 is 0 Å². The van der Waals surface area contributed by atoms with Gasteiger partial charge >= 0.3 is 0 Å². The van der Waals surface area contributed by atoms with Crippen molar-refractivity contribution >= 4 is 33.0 Å². The number of nitrogens with zero attached hydrogens (tertiary/aromatic N) is 4. The van der Waals surface area contributed by atoms with E-state index in [0.29, 0.717) is 23.0 Å². The predicted molar refractivity (Wildman–Crippen MR) is 115 cm³/mol. The number of aryl methyl sites for hydroxylation is 3. The maximum atomic E-state index is 12.6. The zero-order valence-corrected chi connectivity index (χ0v) is 18.0. The van der Waals surface area contributed by atoms with Crippen molar-refractivity contribution in [2.75, 3.05) is 28.0 Å². The lowest BCUT2D eigenvalue weighted by molar-refractivity contribution is 0.390. The van der Waals surface area contributed by atoms with Crippen molar-refractivity contribution in [3.8, 4) is 0 Å². The molecule has 4 rings (SSSR count). The lowest BCUT2D eigenvalue weighted by Crippen LogP contribution is -2.19.